The van der Waals surface area contributed by atoms with E-state index in [0.29, 0.717) is 98.0 Å². The number of phenolic OH excluding ortho intramolecular Hbond substituents is 2. The van der Waals surface area contributed by atoms with Crippen LogP contribution in [0.3, 0.4) is 0 Å². The van der Waals surface area contributed by atoms with Crippen molar-refractivity contribution in [2.75, 3.05) is 40.5 Å². The fourth-order valence-corrected chi connectivity index (χ4v) is 18.4. The number of benzene rings is 3. The maximum absolute atomic E-state index is 12.9. The lowest BCUT2D eigenvalue weighted by Crippen LogP contribution is -2.53. The number of guanidine groups is 1. The minimum absolute atomic E-state index is 0.00207. The summed E-state index contributed by atoms with van der Waals surface area (Å²) in [6.45, 7) is 8.63. The average molecular weight is 1110 g/mol. The number of nitrogens with two attached hydrogens (primary N) is 1. The molecule has 3 saturated carbocycles. The molecule has 9 N–H and O–H groups in total. The maximum atomic E-state index is 12.9. The van der Waals surface area contributed by atoms with E-state index in [4.69, 9.17) is 29.7 Å². The van der Waals surface area contributed by atoms with Gasteiger partial charge in [-0.05, 0) is 208 Å². The number of aliphatic imine (C=N–C) groups is 1. The molecule has 0 radical (unpaired) electrons. The van der Waals surface area contributed by atoms with E-state index in [1.54, 1.807) is 13.2 Å². The number of aliphatic hydroxyl groups is 3. The molecule has 3 aromatic carbocycles. The smallest absolute Gasteiger partial charge is 0.188 e. The normalized spacial score (nSPS) is 37.0. The fourth-order valence-electron chi connectivity index (χ4n) is 18.4. The minimum Gasteiger partial charge on any atom is -0.508 e. The molecule has 0 amide bonds. The lowest BCUT2D eigenvalue weighted by molar-refractivity contribution is -0.159. The fraction of sp³-hybridized carbons (Fsp3) is 0.662. The van der Waals surface area contributed by atoms with E-state index >= 15 is 0 Å². The van der Waals surface area contributed by atoms with Gasteiger partial charge in [-0.1, -0.05) is 57.8 Å². The quantitative estimate of drug-likeness (QED) is 0.0824. The van der Waals surface area contributed by atoms with Gasteiger partial charge in [0.05, 0.1) is 24.9 Å². The van der Waals surface area contributed by atoms with E-state index in [9.17, 15) is 25.5 Å². The van der Waals surface area contributed by atoms with E-state index in [0.717, 1.165) is 130 Å². The number of fused-ring (bicyclic) bond motifs is 3. The van der Waals surface area contributed by atoms with Gasteiger partial charge in [-0.3, -0.25) is 4.99 Å². The molecule has 3 aromatic rings. The van der Waals surface area contributed by atoms with Crippen LogP contribution in [0.1, 0.15) is 170 Å². The average Bonchev–Trinajstić information content (AvgIpc) is 3.87. The molecule has 7 heterocycles. The van der Waals surface area contributed by atoms with Gasteiger partial charge in [-0.25, -0.2) is 0 Å². The van der Waals surface area contributed by atoms with Crippen molar-refractivity contribution in [1.82, 2.24) is 10.6 Å². The number of nitrogens with zero attached hydrogens (tertiary/aromatic N) is 1. The summed E-state index contributed by atoms with van der Waals surface area (Å²) in [5, 5.41) is 67.0. The number of allylic oxidation sites excluding steroid dienone is 2. The molecule has 81 heavy (non-hydrogen) atoms. The highest BCUT2D eigenvalue weighted by molar-refractivity contribution is 5.84. The number of hydrogen-bond acceptors (Lipinski definition) is 13. The first-order chi connectivity index (χ1) is 39.1. The molecule has 13 nitrogen and oxygen atoms in total. The zero-order valence-electron chi connectivity index (χ0n) is 48.9. The van der Waals surface area contributed by atoms with Crippen LogP contribution in [0.5, 0.6) is 28.7 Å². The Morgan fingerprint density at radius 1 is 0.901 bits per heavy atom. The number of methoxy groups -OCH3 is 1. The number of phenols is 2. The Labute approximate surface area is 481 Å². The first-order valence-corrected chi connectivity index (χ1v) is 31.3. The summed E-state index contributed by atoms with van der Waals surface area (Å²) in [5.41, 5.74) is 13.0. The van der Waals surface area contributed by atoms with Gasteiger partial charge in [0.25, 0.3) is 0 Å². The predicted octanol–water partition coefficient (Wildman–Crippen LogP) is 10.3. The summed E-state index contributed by atoms with van der Waals surface area (Å²) >= 11 is 0. The van der Waals surface area contributed by atoms with Crippen LogP contribution in [0.15, 0.2) is 53.5 Å². The van der Waals surface area contributed by atoms with Crippen molar-refractivity contribution in [2.45, 2.75) is 191 Å². The summed E-state index contributed by atoms with van der Waals surface area (Å²) < 4.78 is 27.5. The highest BCUT2D eigenvalue weighted by atomic mass is 16.5. The van der Waals surface area contributed by atoms with Gasteiger partial charge >= 0.3 is 0 Å². The van der Waals surface area contributed by atoms with Crippen molar-refractivity contribution in [1.29, 1.82) is 0 Å². The van der Waals surface area contributed by atoms with Crippen molar-refractivity contribution in [3.63, 3.8) is 0 Å². The third-order valence-electron chi connectivity index (χ3n) is 22.1. The molecule has 15 atom stereocenters. The van der Waals surface area contributed by atoms with Crippen LogP contribution in [-0.2, 0) is 24.0 Å². The molecule has 7 aliphatic heterocycles. The molecule has 438 valence electrons. The standard InChI is InChI=1S/C68H92N4O9/c1-6-41-25-43-14-13-42(41)26-49(74)34-67-19-9-18-66(67)22-23-79-68(37-66)21-20-65(36-68,38-70-4)17-8-11-48(72-64(69)71-39-67)31-50-45(35-73)10-7-12-57(50)80-59-30-44(15-16-54(59)75)63-56(77)32-53-58(81-63)33-60(78-5)62-52-28-47(24-40(2)3)55(76)29-46(52)27-51(43)61(53)62/h13-16,28-30,33,40-43,45,48-51,56-57,63,70,73-77H,6-7,9-12,18-27,31-32,34-39H2,1-5H3,(H3,69,71,72)/t41-,42-,43-,45-,48+,49-,50-,51+,56+,57+,63-,65-,66-,67-,68+/m0/s1. The highest BCUT2D eigenvalue weighted by Gasteiger charge is 2.62. The highest BCUT2D eigenvalue weighted by Crippen LogP contribution is 2.66. The molecular weight excluding hydrogens is 1020 g/mol. The lowest BCUT2D eigenvalue weighted by Gasteiger charge is -2.54. The van der Waals surface area contributed by atoms with Crippen LogP contribution < -0.4 is 30.6 Å². The monoisotopic (exact) mass is 1110 g/mol. The third-order valence-corrected chi connectivity index (χ3v) is 22.1. The van der Waals surface area contributed by atoms with Crippen LogP contribution in [-0.4, -0.2) is 102 Å². The van der Waals surface area contributed by atoms with Crippen molar-refractivity contribution < 1.29 is 44.5 Å². The number of aromatic hydroxyl groups is 2. The lowest BCUT2D eigenvalue weighted by atomic mass is 9.55. The van der Waals surface area contributed by atoms with E-state index in [1.165, 1.54) is 0 Å². The maximum Gasteiger partial charge on any atom is 0.188 e. The molecule has 0 aromatic heterocycles. The topological polar surface area (TPSA) is 201 Å². The zero-order chi connectivity index (χ0) is 56.4. The summed E-state index contributed by atoms with van der Waals surface area (Å²) in [4.78, 5) is 5.35. The molecule has 12 aliphatic rings. The van der Waals surface area contributed by atoms with Gasteiger partial charge in [0, 0.05) is 73.7 Å². The van der Waals surface area contributed by atoms with Gasteiger partial charge in [0.1, 0.15) is 29.5 Å². The molecule has 0 unspecified atom stereocenters. The molecule has 15 rings (SSSR count). The largest absolute Gasteiger partial charge is 0.508 e. The summed E-state index contributed by atoms with van der Waals surface area (Å²) in [6, 6.07) is 11.2. The summed E-state index contributed by atoms with van der Waals surface area (Å²) in [7, 11) is 3.75. The molecule has 1 saturated heterocycles. The van der Waals surface area contributed by atoms with Crippen LogP contribution in [0.25, 0.3) is 11.1 Å². The molecule has 13 heteroatoms. The number of nitrogens with one attached hydrogen (secondary N) is 2. The van der Waals surface area contributed by atoms with Crippen LogP contribution in [0.4, 0.5) is 0 Å². The number of ether oxygens (including phenoxy) is 4. The number of aliphatic hydroxyl groups excluding tert-OH is 3. The van der Waals surface area contributed by atoms with E-state index in [1.807, 2.05) is 31.3 Å². The Morgan fingerprint density at radius 3 is 2.54 bits per heavy atom. The summed E-state index contributed by atoms with van der Waals surface area (Å²) in [6.07, 6.45) is 18.5. The van der Waals surface area contributed by atoms with Gasteiger partial charge in [0.2, 0.25) is 0 Å². The first-order valence-electron chi connectivity index (χ1n) is 31.3. The molecule has 4 fully saturated rings. The van der Waals surface area contributed by atoms with E-state index < -0.39 is 18.3 Å². The first kappa shape index (κ1) is 56.5. The third kappa shape index (κ3) is 10.5. The zero-order valence-corrected chi connectivity index (χ0v) is 48.9. The van der Waals surface area contributed by atoms with Gasteiger partial charge in [0.15, 0.2) is 17.5 Å². The second-order valence-corrected chi connectivity index (χ2v) is 27.5. The molecular formula is C68H92N4O9. The Kier molecular flexibility index (Phi) is 15.7. The Hall–Kier alpha value is -4.97. The van der Waals surface area contributed by atoms with Crippen molar-refractivity contribution in [2.24, 2.45) is 62.5 Å². The van der Waals surface area contributed by atoms with Crippen molar-refractivity contribution in [3.8, 4) is 51.7 Å². The van der Waals surface area contributed by atoms with Gasteiger partial charge in [-0.15, -0.1) is 5.92 Å². The SMILES string of the molecule is CC[C@H]1C[C@@H]2C=C[C@H]1C[C@H](O)C[C@]13CCC[C@@]14CCO[C@@]1(CC[C@@](CNC)(C#CC[C@H](C[C@H]5[C@H](CO)CCC[C@H]5Oc5cc(ccc5O)[C@@H]5Oc6cc(OC)c7c(c6C[C@H]5O)[C@@H]2Cc2cc(O)c(CC(C)C)cc2-7)NC(N)=NC3)C1)C4. The van der Waals surface area contributed by atoms with Crippen LogP contribution in [0, 0.1) is 63.6 Å². The van der Waals surface area contributed by atoms with Crippen LogP contribution >= 0.6 is 0 Å². The second kappa shape index (κ2) is 22.6. The summed E-state index contributed by atoms with van der Waals surface area (Å²) in [5.74, 6) is 10.7. The number of hydrogen-bond donors (Lipinski definition) is 8. The van der Waals surface area contributed by atoms with Crippen LogP contribution in [0.2, 0.25) is 0 Å². The molecule has 3 spiro atoms. The number of rotatable bonds is 7. The minimum atomic E-state index is -0.932. The van der Waals surface area contributed by atoms with E-state index in [-0.39, 0.29) is 75.9 Å². The predicted molar refractivity (Wildman–Crippen MR) is 316 cm³/mol. The molecule has 5 aliphatic carbocycles. The Morgan fingerprint density at radius 2 is 1.74 bits per heavy atom. The Bertz CT molecular complexity index is 2950. The molecule has 13 bridgehead atoms. The van der Waals surface area contributed by atoms with Gasteiger partial charge < -0.3 is 60.8 Å². The van der Waals surface area contributed by atoms with E-state index in [2.05, 4.69) is 61.5 Å². The van der Waals surface area contributed by atoms with Gasteiger partial charge in [-0.2, -0.15) is 0 Å². The second-order valence-electron chi connectivity index (χ2n) is 27.5. The van der Waals surface area contributed by atoms with Crippen molar-refractivity contribution in [3.05, 3.63) is 76.4 Å². The Balaban J connectivity index is 0.995. The van der Waals surface area contributed by atoms with Crippen molar-refractivity contribution >= 4 is 5.96 Å².